The van der Waals surface area contributed by atoms with Crippen LogP contribution in [0.3, 0.4) is 0 Å². The van der Waals surface area contributed by atoms with Crippen molar-refractivity contribution in [3.63, 3.8) is 0 Å². The molecule has 176 valence electrons. The molecule has 0 atom stereocenters. The van der Waals surface area contributed by atoms with Crippen LogP contribution in [-0.4, -0.2) is 46.0 Å². The SMILES string of the molecule is c1ccc2c3ccc(c2c1)SCCSCCSc1ccc(c2ccccc12)SCCSCCS3. The molecule has 2 heterocycles. The Balaban J connectivity index is 1.30. The maximum Gasteiger partial charge on any atom is 0.0152 e. The molecule has 0 unspecified atom stereocenters. The lowest BCUT2D eigenvalue weighted by Crippen LogP contribution is -1.93. The van der Waals surface area contributed by atoms with Crippen molar-refractivity contribution in [3.05, 3.63) is 72.8 Å². The fourth-order valence-corrected chi connectivity index (χ4v) is 10.5. The van der Waals surface area contributed by atoms with E-state index in [9.17, 15) is 0 Å². The molecule has 2 aliphatic heterocycles. The quantitative estimate of drug-likeness (QED) is 0.210. The topological polar surface area (TPSA) is 0 Å². The molecule has 0 spiro atoms. The van der Waals surface area contributed by atoms with Crippen LogP contribution in [0.15, 0.2) is 92.4 Å². The molecular weight excluding hydrogens is 529 g/mol. The summed E-state index contributed by atoms with van der Waals surface area (Å²) < 4.78 is 0. The summed E-state index contributed by atoms with van der Waals surface area (Å²) in [5.74, 6) is 9.45. The average Bonchev–Trinajstić information content (AvgIpc) is 2.88. The maximum atomic E-state index is 2.35. The van der Waals surface area contributed by atoms with E-state index in [0.29, 0.717) is 0 Å². The Morgan fingerprint density at radius 2 is 0.588 bits per heavy atom. The normalized spacial score (nSPS) is 16.9. The summed E-state index contributed by atoms with van der Waals surface area (Å²) in [6.45, 7) is 0. The Morgan fingerprint density at radius 3 is 0.853 bits per heavy atom. The molecule has 0 saturated heterocycles. The predicted molar refractivity (Wildman–Crippen MR) is 165 cm³/mol. The summed E-state index contributed by atoms with van der Waals surface area (Å²) in [6, 6.07) is 27.3. The number of fused-ring (bicyclic) bond motifs is 14. The van der Waals surface area contributed by atoms with Gasteiger partial charge in [0.1, 0.15) is 0 Å². The minimum absolute atomic E-state index is 1.16. The van der Waals surface area contributed by atoms with Crippen LogP contribution in [0.25, 0.3) is 21.5 Å². The van der Waals surface area contributed by atoms with Crippen molar-refractivity contribution in [2.45, 2.75) is 19.6 Å². The van der Waals surface area contributed by atoms with Crippen LogP contribution in [0.5, 0.6) is 0 Å². The van der Waals surface area contributed by atoms with Crippen LogP contribution in [-0.2, 0) is 0 Å². The van der Waals surface area contributed by atoms with Gasteiger partial charge in [-0.2, -0.15) is 23.5 Å². The minimum Gasteiger partial charge on any atom is -0.160 e. The van der Waals surface area contributed by atoms with Gasteiger partial charge in [0.05, 0.1) is 0 Å². The van der Waals surface area contributed by atoms with E-state index in [2.05, 4.69) is 96.3 Å². The summed E-state index contributed by atoms with van der Waals surface area (Å²) in [4.78, 5) is 5.70. The van der Waals surface area contributed by atoms with E-state index < -0.39 is 0 Å². The van der Waals surface area contributed by atoms with E-state index in [1.54, 1.807) is 0 Å². The van der Waals surface area contributed by atoms with Gasteiger partial charge in [-0.1, -0.05) is 48.5 Å². The lowest BCUT2D eigenvalue weighted by molar-refractivity contribution is 1.40. The molecule has 0 amide bonds. The van der Waals surface area contributed by atoms with Gasteiger partial charge in [0.2, 0.25) is 0 Å². The average molecular weight is 557 g/mol. The fraction of sp³-hybridized carbons (Fsp3) is 0.286. The first kappa shape index (κ1) is 25.2. The molecule has 0 radical (unpaired) electrons. The zero-order valence-corrected chi connectivity index (χ0v) is 23.9. The van der Waals surface area contributed by atoms with Gasteiger partial charge >= 0.3 is 0 Å². The van der Waals surface area contributed by atoms with Crippen molar-refractivity contribution in [1.29, 1.82) is 0 Å². The Labute approximate surface area is 229 Å². The molecule has 6 rings (SSSR count). The fourth-order valence-electron chi connectivity index (χ4n) is 4.04. The Kier molecular flexibility index (Phi) is 9.74. The number of thioether (sulfide) groups is 6. The van der Waals surface area contributed by atoms with E-state index >= 15 is 0 Å². The zero-order valence-electron chi connectivity index (χ0n) is 19.0. The molecule has 4 bridgehead atoms. The molecule has 0 fully saturated rings. The molecule has 0 saturated carbocycles. The number of hydrogen-bond donors (Lipinski definition) is 0. The van der Waals surface area contributed by atoms with Crippen LogP contribution in [0.4, 0.5) is 0 Å². The van der Waals surface area contributed by atoms with E-state index in [-0.39, 0.29) is 0 Å². The molecule has 0 N–H and O–H groups in total. The summed E-state index contributed by atoms with van der Waals surface area (Å²) in [5, 5.41) is 5.66. The first-order valence-corrected chi connectivity index (χ1v) is 17.9. The van der Waals surface area contributed by atoms with Crippen molar-refractivity contribution in [2.75, 3.05) is 46.0 Å². The molecule has 0 aromatic heterocycles. The molecule has 0 aliphatic carbocycles. The van der Waals surface area contributed by atoms with E-state index in [0.717, 1.165) is 23.0 Å². The van der Waals surface area contributed by atoms with Crippen LogP contribution in [0.1, 0.15) is 0 Å². The lowest BCUT2D eigenvalue weighted by atomic mass is 10.1. The number of rotatable bonds is 0. The molecule has 34 heavy (non-hydrogen) atoms. The largest absolute Gasteiger partial charge is 0.160 e. The predicted octanol–water partition coefficient (Wildman–Crippen LogP) is 9.54. The molecule has 2 aliphatic rings. The monoisotopic (exact) mass is 556 g/mol. The van der Waals surface area contributed by atoms with Gasteiger partial charge in [-0.05, 0) is 45.8 Å². The molecule has 4 aromatic carbocycles. The first-order valence-electron chi connectivity index (χ1n) is 11.6. The first-order chi connectivity index (χ1) is 16.9. The van der Waals surface area contributed by atoms with E-state index in [1.807, 2.05) is 47.0 Å². The van der Waals surface area contributed by atoms with Gasteiger partial charge in [0.25, 0.3) is 0 Å². The smallest absolute Gasteiger partial charge is 0.0152 e. The van der Waals surface area contributed by atoms with Crippen LogP contribution >= 0.6 is 70.6 Å². The van der Waals surface area contributed by atoms with Crippen LogP contribution in [0.2, 0.25) is 0 Å². The van der Waals surface area contributed by atoms with Gasteiger partial charge in [-0.15, -0.1) is 47.0 Å². The number of benzene rings is 4. The van der Waals surface area contributed by atoms with Crippen molar-refractivity contribution in [1.82, 2.24) is 0 Å². The highest BCUT2D eigenvalue weighted by atomic mass is 32.2. The maximum absolute atomic E-state index is 2.35. The van der Waals surface area contributed by atoms with Crippen LogP contribution in [0, 0.1) is 0 Å². The third-order valence-corrected chi connectivity index (χ3v) is 12.9. The second kappa shape index (κ2) is 13.2. The third kappa shape index (κ3) is 6.43. The highest BCUT2D eigenvalue weighted by Gasteiger charge is 2.09. The number of hydrogen-bond acceptors (Lipinski definition) is 6. The second-order valence-electron chi connectivity index (χ2n) is 7.83. The van der Waals surface area contributed by atoms with Gasteiger partial charge in [-0.25, -0.2) is 0 Å². The van der Waals surface area contributed by atoms with E-state index in [4.69, 9.17) is 0 Å². The van der Waals surface area contributed by atoms with Gasteiger partial charge in [-0.3, -0.25) is 0 Å². The highest BCUT2D eigenvalue weighted by Crippen LogP contribution is 2.37. The van der Waals surface area contributed by atoms with Crippen molar-refractivity contribution in [2.24, 2.45) is 0 Å². The van der Waals surface area contributed by atoms with Gasteiger partial charge in [0.15, 0.2) is 0 Å². The summed E-state index contributed by atoms with van der Waals surface area (Å²) in [5.41, 5.74) is 0. The van der Waals surface area contributed by atoms with Crippen molar-refractivity contribution in [3.8, 4) is 0 Å². The van der Waals surface area contributed by atoms with Gasteiger partial charge in [0, 0.05) is 65.6 Å². The third-order valence-electron chi connectivity index (χ3n) is 5.63. The Morgan fingerprint density at radius 1 is 0.324 bits per heavy atom. The standard InChI is InChI=1S/C28H28S6/c1-2-6-22-21(5-1)25-9-10-26(22)32-18-14-30-16-20-34-28-12-11-27(23-7-3-4-8-24(23)28)33-19-15-29-13-17-31-25/h1-12H,13-20H2. The Hall–Kier alpha value is -0.500. The summed E-state index contributed by atoms with van der Waals surface area (Å²) in [7, 11) is 0. The minimum atomic E-state index is 1.16. The summed E-state index contributed by atoms with van der Waals surface area (Å²) in [6.07, 6.45) is 0. The van der Waals surface area contributed by atoms with Crippen LogP contribution < -0.4 is 0 Å². The molecular formula is C28H28S6. The summed E-state index contributed by atoms with van der Waals surface area (Å²) >= 11 is 12.2. The molecule has 0 nitrogen and oxygen atoms in total. The van der Waals surface area contributed by atoms with Crippen molar-refractivity contribution >= 4 is 92.1 Å². The lowest BCUT2D eigenvalue weighted by Gasteiger charge is -2.12. The highest BCUT2D eigenvalue weighted by molar-refractivity contribution is 8.05. The van der Waals surface area contributed by atoms with E-state index in [1.165, 1.54) is 64.1 Å². The zero-order chi connectivity index (χ0) is 23.0. The Bertz CT molecular complexity index is 1050. The second-order valence-corrected chi connectivity index (χ2v) is 14.8. The molecule has 6 heteroatoms. The molecule has 4 aromatic rings. The van der Waals surface area contributed by atoms with Crippen molar-refractivity contribution < 1.29 is 0 Å². The van der Waals surface area contributed by atoms with Gasteiger partial charge < -0.3 is 0 Å².